The highest BCUT2D eigenvalue weighted by Crippen LogP contribution is 2.32. The Bertz CT molecular complexity index is 495. The van der Waals surface area contributed by atoms with E-state index >= 15 is 0 Å². The Balaban J connectivity index is 2.24. The zero-order chi connectivity index (χ0) is 14.8. The topological polar surface area (TPSA) is 50.4 Å². The first-order valence-corrected chi connectivity index (χ1v) is 7.25. The first-order chi connectivity index (χ1) is 9.50. The predicted molar refractivity (Wildman–Crippen MR) is 82.2 cm³/mol. The summed E-state index contributed by atoms with van der Waals surface area (Å²) in [5, 5.41) is 6.47. The molecule has 4 heteroatoms. The van der Waals surface area contributed by atoms with Gasteiger partial charge in [-0.05, 0) is 44.7 Å². The van der Waals surface area contributed by atoms with Crippen LogP contribution in [0.25, 0.3) is 0 Å². The van der Waals surface area contributed by atoms with Crippen LogP contribution in [0, 0.1) is 0 Å². The maximum absolute atomic E-state index is 12.4. The van der Waals surface area contributed by atoms with Crippen LogP contribution < -0.4 is 10.6 Å². The summed E-state index contributed by atoms with van der Waals surface area (Å²) >= 11 is 0. The van der Waals surface area contributed by atoms with E-state index in [1.807, 2.05) is 26.0 Å². The van der Waals surface area contributed by atoms with E-state index in [1.54, 1.807) is 7.11 Å². The van der Waals surface area contributed by atoms with E-state index in [2.05, 4.69) is 23.6 Å². The summed E-state index contributed by atoms with van der Waals surface area (Å²) in [6.07, 6.45) is 2.80. The molecule has 2 rings (SSSR count). The standard InChI is InChI=1S/C16H24N2O2/c1-5-16(3,20-4)15(19)18-13-8-6-7-12-10-9-11(2)17-14(12)13/h6-8,11,17H,5,9-10H2,1-4H3,(H,18,19). The Morgan fingerprint density at radius 2 is 2.30 bits per heavy atom. The van der Waals surface area contributed by atoms with E-state index < -0.39 is 5.60 Å². The van der Waals surface area contributed by atoms with Gasteiger partial charge in [-0.3, -0.25) is 4.79 Å². The number of para-hydroxylation sites is 1. The lowest BCUT2D eigenvalue weighted by Crippen LogP contribution is -2.41. The molecule has 1 aromatic carbocycles. The minimum absolute atomic E-state index is 0.101. The molecular weight excluding hydrogens is 252 g/mol. The molecule has 2 atom stereocenters. The highest BCUT2D eigenvalue weighted by atomic mass is 16.5. The lowest BCUT2D eigenvalue weighted by atomic mass is 9.97. The Hall–Kier alpha value is -1.55. The number of nitrogens with one attached hydrogen (secondary N) is 2. The molecule has 2 unspecified atom stereocenters. The number of ether oxygens (including phenoxy) is 1. The third-order valence-electron chi connectivity index (χ3n) is 4.24. The number of methoxy groups -OCH3 is 1. The lowest BCUT2D eigenvalue weighted by molar-refractivity contribution is -0.136. The van der Waals surface area contributed by atoms with Crippen LogP contribution >= 0.6 is 0 Å². The molecule has 1 heterocycles. The molecule has 0 aliphatic carbocycles. The average molecular weight is 276 g/mol. The van der Waals surface area contributed by atoms with Gasteiger partial charge < -0.3 is 15.4 Å². The molecular formula is C16H24N2O2. The van der Waals surface area contributed by atoms with Crippen molar-refractivity contribution in [3.8, 4) is 0 Å². The fourth-order valence-electron chi connectivity index (χ4n) is 2.43. The summed E-state index contributed by atoms with van der Waals surface area (Å²) in [5.41, 5.74) is 2.37. The maximum Gasteiger partial charge on any atom is 0.256 e. The van der Waals surface area contributed by atoms with Crippen molar-refractivity contribution in [2.75, 3.05) is 17.7 Å². The van der Waals surface area contributed by atoms with E-state index in [-0.39, 0.29) is 5.91 Å². The van der Waals surface area contributed by atoms with Gasteiger partial charge in [-0.2, -0.15) is 0 Å². The summed E-state index contributed by atoms with van der Waals surface area (Å²) in [6, 6.07) is 6.47. The number of fused-ring (bicyclic) bond motifs is 1. The monoisotopic (exact) mass is 276 g/mol. The Morgan fingerprint density at radius 3 is 2.95 bits per heavy atom. The highest BCUT2D eigenvalue weighted by molar-refractivity contribution is 6.00. The molecule has 0 saturated carbocycles. The fourth-order valence-corrected chi connectivity index (χ4v) is 2.43. The summed E-state index contributed by atoms with van der Waals surface area (Å²) < 4.78 is 5.35. The van der Waals surface area contributed by atoms with Gasteiger partial charge in [0.25, 0.3) is 5.91 Å². The van der Waals surface area contributed by atoms with Gasteiger partial charge in [0.2, 0.25) is 0 Å². The Kier molecular flexibility index (Phi) is 4.33. The molecule has 0 radical (unpaired) electrons. The normalized spacial score (nSPS) is 20.5. The number of hydrogen-bond donors (Lipinski definition) is 2. The number of anilines is 2. The number of hydrogen-bond acceptors (Lipinski definition) is 3. The van der Waals surface area contributed by atoms with Gasteiger partial charge in [0.05, 0.1) is 11.4 Å². The van der Waals surface area contributed by atoms with Crippen LogP contribution in [0.1, 0.15) is 39.2 Å². The second-order valence-electron chi connectivity index (χ2n) is 5.67. The molecule has 0 aromatic heterocycles. The zero-order valence-corrected chi connectivity index (χ0v) is 12.7. The van der Waals surface area contributed by atoms with Gasteiger partial charge in [0.1, 0.15) is 5.60 Å². The number of benzene rings is 1. The van der Waals surface area contributed by atoms with Crippen molar-refractivity contribution in [2.45, 2.75) is 51.7 Å². The minimum Gasteiger partial charge on any atom is -0.381 e. The van der Waals surface area contributed by atoms with Crippen LogP contribution in [0.15, 0.2) is 18.2 Å². The summed E-state index contributed by atoms with van der Waals surface area (Å²) in [5.74, 6) is -0.101. The van der Waals surface area contributed by atoms with Crippen LogP contribution in [0.2, 0.25) is 0 Å². The van der Waals surface area contributed by atoms with Crippen LogP contribution in [0.3, 0.4) is 0 Å². The van der Waals surface area contributed by atoms with E-state index in [1.165, 1.54) is 5.56 Å². The van der Waals surface area contributed by atoms with Crippen molar-refractivity contribution >= 4 is 17.3 Å². The number of carbonyl (C=O) groups excluding carboxylic acids is 1. The number of amides is 1. The largest absolute Gasteiger partial charge is 0.381 e. The molecule has 0 bridgehead atoms. The molecule has 20 heavy (non-hydrogen) atoms. The lowest BCUT2D eigenvalue weighted by Gasteiger charge is -2.29. The molecule has 1 aliphatic heterocycles. The van der Waals surface area contributed by atoms with Crippen molar-refractivity contribution in [1.82, 2.24) is 0 Å². The third kappa shape index (κ3) is 2.80. The molecule has 4 nitrogen and oxygen atoms in total. The van der Waals surface area contributed by atoms with Gasteiger partial charge in [-0.25, -0.2) is 0 Å². The van der Waals surface area contributed by atoms with Gasteiger partial charge in [0.15, 0.2) is 0 Å². The van der Waals surface area contributed by atoms with Crippen molar-refractivity contribution < 1.29 is 9.53 Å². The van der Waals surface area contributed by atoms with Gasteiger partial charge in [0, 0.05) is 13.2 Å². The fraction of sp³-hybridized carbons (Fsp3) is 0.562. The second kappa shape index (κ2) is 5.83. The van der Waals surface area contributed by atoms with Crippen molar-refractivity contribution in [2.24, 2.45) is 0 Å². The van der Waals surface area contributed by atoms with Gasteiger partial charge in [-0.15, -0.1) is 0 Å². The van der Waals surface area contributed by atoms with Crippen LogP contribution in [-0.4, -0.2) is 24.7 Å². The van der Waals surface area contributed by atoms with Crippen molar-refractivity contribution in [3.05, 3.63) is 23.8 Å². The summed E-state index contributed by atoms with van der Waals surface area (Å²) in [7, 11) is 1.57. The highest BCUT2D eigenvalue weighted by Gasteiger charge is 2.31. The Morgan fingerprint density at radius 1 is 1.55 bits per heavy atom. The summed E-state index contributed by atoms with van der Waals surface area (Å²) in [6.45, 7) is 5.92. The Labute approximate surface area is 120 Å². The molecule has 1 aromatic rings. The van der Waals surface area contributed by atoms with E-state index in [0.717, 1.165) is 24.2 Å². The van der Waals surface area contributed by atoms with Crippen LogP contribution in [0.5, 0.6) is 0 Å². The average Bonchev–Trinajstić information content (AvgIpc) is 2.47. The molecule has 0 spiro atoms. The first-order valence-electron chi connectivity index (χ1n) is 7.25. The molecule has 2 N–H and O–H groups in total. The number of carbonyl (C=O) groups is 1. The van der Waals surface area contributed by atoms with Crippen molar-refractivity contribution in [1.29, 1.82) is 0 Å². The third-order valence-corrected chi connectivity index (χ3v) is 4.24. The summed E-state index contributed by atoms with van der Waals surface area (Å²) in [4.78, 5) is 12.4. The quantitative estimate of drug-likeness (QED) is 0.888. The van der Waals surface area contributed by atoms with Crippen molar-refractivity contribution in [3.63, 3.8) is 0 Å². The smallest absolute Gasteiger partial charge is 0.256 e. The van der Waals surface area contributed by atoms with Crippen LogP contribution in [0.4, 0.5) is 11.4 Å². The maximum atomic E-state index is 12.4. The van der Waals surface area contributed by atoms with Crippen LogP contribution in [-0.2, 0) is 16.0 Å². The van der Waals surface area contributed by atoms with Gasteiger partial charge >= 0.3 is 0 Å². The minimum atomic E-state index is -0.789. The first kappa shape index (κ1) is 14.9. The molecule has 1 amide bonds. The van der Waals surface area contributed by atoms with Gasteiger partial charge in [-0.1, -0.05) is 19.1 Å². The predicted octanol–water partition coefficient (Wildman–Crippen LogP) is 3.19. The molecule has 1 aliphatic rings. The zero-order valence-electron chi connectivity index (χ0n) is 12.7. The number of rotatable bonds is 4. The van der Waals surface area contributed by atoms with E-state index in [0.29, 0.717) is 12.5 Å². The SMILES string of the molecule is CCC(C)(OC)C(=O)Nc1cccc2c1NC(C)CC2. The van der Waals surface area contributed by atoms with E-state index in [4.69, 9.17) is 4.74 Å². The number of aryl methyl sites for hydroxylation is 1. The molecule has 110 valence electrons. The van der Waals surface area contributed by atoms with E-state index in [9.17, 15) is 4.79 Å². The molecule has 0 saturated heterocycles. The second-order valence-corrected chi connectivity index (χ2v) is 5.67. The molecule has 0 fully saturated rings.